The Balaban J connectivity index is 1.48. The van der Waals surface area contributed by atoms with Gasteiger partial charge in [-0.05, 0) is 24.8 Å². The Morgan fingerprint density at radius 1 is 0.966 bits per heavy atom. The number of carbonyl (C=O) groups is 4. The monoisotopic (exact) mass is 419 g/mol. The molecule has 1 aliphatic carbocycles. The van der Waals surface area contributed by atoms with E-state index in [-0.39, 0.29) is 24.1 Å². The molecule has 1 atom stereocenters. The molecule has 10 heteroatoms. The molecule has 154 valence electrons. The fraction of sp³-hybridized carbons (Fsp3) is 0.474. The lowest BCUT2D eigenvalue weighted by Crippen LogP contribution is -2.49. The zero-order valence-corrected chi connectivity index (χ0v) is 16.5. The smallest absolute Gasteiger partial charge is 0.334 e. The Bertz CT molecular complexity index is 973. The minimum Gasteiger partial charge on any atom is -0.334 e. The Morgan fingerprint density at radius 3 is 2.21 bits per heavy atom. The lowest BCUT2D eigenvalue weighted by atomic mass is 10.2. The Labute approximate surface area is 168 Å². The van der Waals surface area contributed by atoms with Crippen LogP contribution >= 0.6 is 0 Å². The van der Waals surface area contributed by atoms with E-state index in [1.165, 1.54) is 4.90 Å². The predicted molar refractivity (Wildman–Crippen MR) is 101 cm³/mol. The molecule has 0 bridgehead atoms. The number of imide groups is 2. The van der Waals surface area contributed by atoms with Crippen molar-refractivity contribution < 1.29 is 27.6 Å². The number of nitrogens with zero attached hydrogens (tertiary/aromatic N) is 3. The van der Waals surface area contributed by atoms with Crippen LogP contribution in [0.1, 0.15) is 24.8 Å². The van der Waals surface area contributed by atoms with Crippen molar-refractivity contribution in [3.05, 3.63) is 35.9 Å². The summed E-state index contributed by atoms with van der Waals surface area (Å²) in [5.74, 6) is -2.57. The third kappa shape index (κ3) is 3.89. The van der Waals surface area contributed by atoms with Crippen LogP contribution in [0.4, 0.5) is 4.79 Å². The number of benzene rings is 1. The van der Waals surface area contributed by atoms with Crippen LogP contribution in [0, 0.1) is 0 Å². The maximum Gasteiger partial charge on any atom is 0.335 e. The first-order valence-corrected chi connectivity index (χ1v) is 11.3. The minimum atomic E-state index is -3.18. The molecule has 1 aromatic carbocycles. The molecule has 9 nitrogen and oxygen atoms in total. The van der Waals surface area contributed by atoms with E-state index >= 15 is 0 Å². The molecule has 0 unspecified atom stereocenters. The Hall–Kier alpha value is -2.75. The van der Waals surface area contributed by atoms with Crippen LogP contribution in [0.2, 0.25) is 0 Å². The largest absolute Gasteiger partial charge is 0.335 e. The Morgan fingerprint density at radius 2 is 1.62 bits per heavy atom. The molecule has 5 amide bonds. The third-order valence-corrected chi connectivity index (χ3v) is 7.19. The van der Waals surface area contributed by atoms with Crippen molar-refractivity contribution in [2.45, 2.75) is 37.9 Å². The summed E-state index contributed by atoms with van der Waals surface area (Å²) in [5.41, 5.74) is 0.686. The van der Waals surface area contributed by atoms with Crippen LogP contribution in [-0.2, 0) is 30.8 Å². The molecule has 3 aliphatic rings. The van der Waals surface area contributed by atoms with E-state index in [0.29, 0.717) is 16.9 Å². The molecule has 0 spiro atoms. The average molecular weight is 419 g/mol. The molecule has 1 aromatic rings. The zero-order chi connectivity index (χ0) is 20.8. The summed E-state index contributed by atoms with van der Waals surface area (Å²) < 4.78 is 23.6. The zero-order valence-electron chi connectivity index (χ0n) is 15.7. The van der Waals surface area contributed by atoms with E-state index in [1.807, 2.05) is 0 Å². The van der Waals surface area contributed by atoms with Gasteiger partial charge in [-0.3, -0.25) is 19.3 Å². The summed E-state index contributed by atoms with van der Waals surface area (Å²) in [5, 5.41) is 0. The molecule has 2 aliphatic heterocycles. The van der Waals surface area contributed by atoms with Crippen molar-refractivity contribution in [2.75, 3.05) is 18.1 Å². The number of hydrogen-bond donors (Lipinski definition) is 0. The van der Waals surface area contributed by atoms with Gasteiger partial charge in [-0.15, -0.1) is 0 Å². The summed E-state index contributed by atoms with van der Waals surface area (Å²) in [4.78, 5) is 53.1. The van der Waals surface area contributed by atoms with Crippen LogP contribution < -0.4 is 0 Å². The highest BCUT2D eigenvalue weighted by Gasteiger charge is 2.48. The van der Waals surface area contributed by atoms with Gasteiger partial charge in [0.05, 0.1) is 18.1 Å². The molecular weight excluding hydrogens is 398 g/mol. The van der Waals surface area contributed by atoms with E-state index in [9.17, 15) is 27.6 Å². The van der Waals surface area contributed by atoms with Crippen molar-refractivity contribution >= 4 is 33.6 Å². The molecule has 4 rings (SSSR count). The van der Waals surface area contributed by atoms with E-state index in [0.717, 1.165) is 17.7 Å². The second-order valence-electron chi connectivity index (χ2n) is 7.64. The number of rotatable bonds is 6. The predicted octanol–water partition coefficient (Wildman–Crippen LogP) is 0.156. The normalized spacial score (nSPS) is 23.7. The maximum absolute atomic E-state index is 12.9. The van der Waals surface area contributed by atoms with Gasteiger partial charge >= 0.3 is 17.8 Å². The van der Waals surface area contributed by atoms with E-state index in [4.69, 9.17) is 0 Å². The summed E-state index contributed by atoms with van der Waals surface area (Å²) >= 11 is 0. The average Bonchev–Trinajstić information content (AvgIpc) is 3.42. The van der Waals surface area contributed by atoms with Gasteiger partial charge in [0.2, 0.25) is 5.91 Å². The van der Waals surface area contributed by atoms with Crippen molar-refractivity contribution in [3.63, 3.8) is 0 Å². The van der Waals surface area contributed by atoms with Crippen LogP contribution in [0.3, 0.4) is 0 Å². The fourth-order valence-corrected chi connectivity index (χ4v) is 5.58. The standard InChI is InChI=1S/C19H21N3O6S/c23-16(22(14-6-7-14)15-8-9-29(27,28)12-15)11-21-18(25)17(24)20(19(21)26)10-13-4-2-1-3-5-13/h1-5,14-15H,6-12H2/t15-/m1/s1. The first kappa shape index (κ1) is 19.6. The lowest BCUT2D eigenvalue weighted by Gasteiger charge is -2.29. The van der Waals surface area contributed by atoms with Crippen LogP contribution in [-0.4, -0.2) is 77.0 Å². The molecule has 1 saturated carbocycles. The van der Waals surface area contributed by atoms with Gasteiger partial charge in [0.15, 0.2) is 9.84 Å². The molecule has 0 aromatic heterocycles. The van der Waals surface area contributed by atoms with Gasteiger partial charge in [0.1, 0.15) is 6.54 Å². The molecule has 29 heavy (non-hydrogen) atoms. The SMILES string of the molecule is O=C1C(=O)N(Cc2ccccc2)C(=O)N1CC(=O)N(C1CC1)[C@@H]1CCS(=O)(=O)C1. The molecule has 3 fully saturated rings. The van der Waals surface area contributed by atoms with Gasteiger partial charge in [-0.2, -0.15) is 0 Å². The van der Waals surface area contributed by atoms with Gasteiger partial charge in [0, 0.05) is 12.1 Å². The molecule has 2 heterocycles. The number of amides is 5. The number of urea groups is 1. The van der Waals surface area contributed by atoms with Crippen LogP contribution in [0.25, 0.3) is 0 Å². The minimum absolute atomic E-state index is 0.0269. The second-order valence-corrected chi connectivity index (χ2v) is 9.87. The molecule has 0 radical (unpaired) electrons. The van der Waals surface area contributed by atoms with Gasteiger partial charge in [-0.25, -0.2) is 18.1 Å². The lowest BCUT2D eigenvalue weighted by molar-refractivity contribution is -0.145. The van der Waals surface area contributed by atoms with E-state index in [1.54, 1.807) is 30.3 Å². The van der Waals surface area contributed by atoms with Crippen LogP contribution in [0.15, 0.2) is 30.3 Å². The van der Waals surface area contributed by atoms with Gasteiger partial charge in [0.25, 0.3) is 0 Å². The summed E-state index contributed by atoms with van der Waals surface area (Å²) in [6, 6.07) is 7.44. The number of carbonyl (C=O) groups excluding carboxylic acids is 4. The summed E-state index contributed by atoms with van der Waals surface area (Å²) in [6.07, 6.45) is 1.89. The van der Waals surface area contributed by atoms with Crippen molar-refractivity contribution in [1.82, 2.24) is 14.7 Å². The summed E-state index contributed by atoms with van der Waals surface area (Å²) in [7, 11) is -3.18. The fourth-order valence-electron chi connectivity index (χ4n) is 3.87. The summed E-state index contributed by atoms with van der Waals surface area (Å²) in [6.45, 7) is -0.607. The van der Waals surface area contributed by atoms with Crippen molar-refractivity contribution in [2.24, 2.45) is 0 Å². The van der Waals surface area contributed by atoms with E-state index < -0.39 is 46.2 Å². The highest BCUT2D eigenvalue weighted by molar-refractivity contribution is 7.91. The van der Waals surface area contributed by atoms with Gasteiger partial charge in [-0.1, -0.05) is 30.3 Å². The topological polar surface area (TPSA) is 112 Å². The molecule has 0 N–H and O–H groups in total. The molecular formula is C19H21N3O6S. The highest BCUT2D eigenvalue weighted by Crippen LogP contribution is 2.32. The molecule has 2 saturated heterocycles. The first-order valence-electron chi connectivity index (χ1n) is 9.49. The van der Waals surface area contributed by atoms with Crippen LogP contribution in [0.5, 0.6) is 0 Å². The Kier molecular flexibility index (Phi) is 4.89. The maximum atomic E-state index is 12.9. The van der Waals surface area contributed by atoms with Crippen molar-refractivity contribution in [1.29, 1.82) is 0 Å². The van der Waals surface area contributed by atoms with Crippen molar-refractivity contribution in [3.8, 4) is 0 Å². The second kappa shape index (κ2) is 7.25. The quantitative estimate of drug-likeness (QED) is 0.479. The van der Waals surface area contributed by atoms with E-state index in [2.05, 4.69) is 0 Å². The third-order valence-electron chi connectivity index (χ3n) is 5.44. The van der Waals surface area contributed by atoms with Gasteiger partial charge < -0.3 is 4.90 Å². The highest BCUT2D eigenvalue weighted by atomic mass is 32.2. The number of sulfone groups is 1. The first-order chi connectivity index (χ1) is 13.8. The number of hydrogen-bond acceptors (Lipinski definition) is 6.